The molecule has 1 unspecified atom stereocenters. The van der Waals surface area contributed by atoms with E-state index in [-0.39, 0.29) is 5.78 Å². The molecule has 16 heavy (non-hydrogen) atoms. The Hall–Kier alpha value is -1.31. The molecule has 0 saturated heterocycles. The van der Waals surface area contributed by atoms with Crippen molar-refractivity contribution in [3.05, 3.63) is 29.3 Å². The van der Waals surface area contributed by atoms with Crippen LogP contribution in [-0.4, -0.2) is 5.78 Å². The summed E-state index contributed by atoms with van der Waals surface area (Å²) in [5.74, 6) is 0.670. The number of rotatable bonds is 5. The second kappa shape index (κ2) is 5.69. The van der Waals surface area contributed by atoms with E-state index < -0.39 is 0 Å². The molecule has 2 N–H and O–H groups in total. The Kier molecular flexibility index (Phi) is 4.53. The van der Waals surface area contributed by atoms with Crippen LogP contribution < -0.4 is 5.73 Å². The van der Waals surface area contributed by atoms with Gasteiger partial charge < -0.3 is 5.73 Å². The monoisotopic (exact) mass is 219 g/mol. The fraction of sp³-hybridized carbons (Fsp3) is 0.500. The molecular weight excluding hydrogens is 198 g/mol. The van der Waals surface area contributed by atoms with Crippen LogP contribution in [-0.2, 0) is 0 Å². The second-order valence-electron chi connectivity index (χ2n) is 4.54. The highest BCUT2D eigenvalue weighted by molar-refractivity contribution is 5.98. The van der Waals surface area contributed by atoms with Crippen LogP contribution in [0, 0.1) is 12.8 Å². The Labute approximate surface area is 97.9 Å². The molecule has 0 aliphatic carbocycles. The third-order valence-corrected chi connectivity index (χ3v) is 2.99. The summed E-state index contributed by atoms with van der Waals surface area (Å²) in [5, 5.41) is 0. The van der Waals surface area contributed by atoms with Gasteiger partial charge in [0.05, 0.1) is 0 Å². The van der Waals surface area contributed by atoms with Gasteiger partial charge in [-0.3, -0.25) is 4.79 Å². The topological polar surface area (TPSA) is 43.1 Å². The fourth-order valence-electron chi connectivity index (χ4n) is 1.98. The molecule has 0 spiro atoms. The molecule has 1 atom stereocenters. The number of Topliss-reactive ketones (excluding diaryl/α,β-unsaturated/α-hetero) is 1. The molecule has 1 aromatic rings. The van der Waals surface area contributed by atoms with Crippen molar-refractivity contribution in [2.75, 3.05) is 5.73 Å². The smallest absolute Gasteiger partial charge is 0.163 e. The van der Waals surface area contributed by atoms with Gasteiger partial charge in [-0.1, -0.05) is 38.8 Å². The van der Waals surface area contributed by atoms with Gasteiger partial charge in [0.15, 0.2) is 5.78 Å². The molecule has 0 saturated carbocycles. The first-order valence-electron chi connectivity index (χ1n) is 5.94. The summed E-state index contributed by atoms with van der Waals surface area (Å²) in [6, 6.07) is 5.55. The molecule has 2 heteroatoms. The lowest BCUT2D eigenvalue weighted by Crippen LogP contribution is -2.08. The lowest BCUT2D eigenvalue weighted by molar-refractivity contribution is 0.0962. The minimum atomic E-state index is 0.214. The number of anilines is 1. The van der Waals surface area contributed by atoms with E-state index in [1.165, 1.54) is 0 Å². The molecule has 1 rings (SSSR count). The summed E-state index contributed by atoms with van der Waals surface area (Å²) in [5.41, 5.74) is 8.19. The quantitative estimate of drug-likeness (QED) is 0.607. The van der Waals surface area contributed by atoms with Crippen LogP contribution in [0.1, 0.15) is 49.0 Å². The van der Waals surface area contributed by atoms with E-state index >= 15 is 0 Å². The van der Waals surface area contributed by atoms with Crippen LogP contribution in [0.25, 0.3) is 0 Å². The third-order valence-electron chi connectivity index (χ3n) is 2.99. The van der Waals surface area contributed by atoms with Gasteiger partial charge in [0.2, 0.25) is 0 Å². The molecule has 0 aliphatic heterocycles. The van der Waals surface area contributed by atoms with Gasteiger partial charge in [0, 0.05) is 17.7 Å². The van der Waals surface area contributed by atoms with Crippen LogP contribution in [0.15, 0.2) is 18.2 Å². The Morgan fingerprint density at radius 2 is 2.12 bits per heavy atom. The summed E-state index contributed by atoms with van der Waals surface area (Å²) >= 11 is 0. The van der Waals surface area contributed by atoms with Gasteiger partial charge >= 0.3 is 0 Å². The van der Waals surface area contributed by atoms with Crippen molar-refractivity contribution in [2.24, 2.45) is 5.92 Å². The standard InChI is InChI=1S/C14H21NO/c1-4-6-10(2)9-14(16)12-7-5-8-13(15)11(12)3/h5,7-8,10H,4,6,9,15H2,1-3H3. The number of nitrogen functional groups attached to an aromatic ring is 1. The molecule has 0 bridgehead atoms. The first-order chi connectivity index (χ1) is 7.56. The Morgan fingerprint density at radius 1 is 1.44 bits per heavy atom. The Bertz CT molecular complexity index is 371. The summed E-state index contributed by atoms with van der Waals surface area (Å²) < 4.78 is 0. The summed E-state index contributed by atoms with van der Waals surface area (Å²) in [6.07, 6.45) is 2.86. The van der Waals surface area contributed by atoms with Gasteiger partial charge in [-0.2, -0.15) is 0 Å². The molecule has 2 nitrogen and oxygen atoms in total. The zero-order chi connectivity index (χ0) is 12.1. The second-order valence-corrected chi connectivity index (χ2v) is 4.54. The van der Waals surface area contributed by atoms with Gasteiger partial charge in [0.1, 0.15) is 0 Å². The molecular formula is C14H21NO. The summed E-state index contributed by atoms with van der Waals surface area (Å²) in [7, 11) is 0. The van der Waals surface area contributed by atoms with E-state index in [1.54, 1.807) is 0 Å². The number of carbonyl (C=O) groups excluding carboxylic acids is 1. The zero-order valence-electron chi connectivity index (χ0n) is 10.4. The molecule has 1 aromatic carbocycles. The van der Waals surface area contributed by atoms with Crippen LogP contribution in [0.5, 0.6) is 0 Å². The van der Waals surface area contributed by atoms with Crippen LogP contribution in [0.4, 0.5) is 5.69 Å². The Balaban J connectivity index is 2.77. The average Bonchev–Trinajstić information content (AvgIpc) is 2.22. The Morgan fingerprint density at radius 3 is 2.75 bits per heavy atom. The van der Waals surface area contributed by atoms with Crippen molar-refractivity contribution in [3.63, 3.8) is 0 Å². The van der Waals surface area contributed by atoms with E-state index in [0.717, 1.165) is 24.0 Å². The molecule has 0 heterocycles. The van der Waals surface area contributed by atoms with Crippen molar-refractivity contribution in [1.29, 1.82) is 0 Å². The predicted molar refractivity (Wildman–Crippen MR) is 68.6 cm³/mol. The van der Waals surface area contributed by atoms with Crippen molar-refractivity contribution < 1.29 is 4.79 Å². The molecule has 88 valence electrons. The van der Waals surface area contributed by atoms with Gasteiger partial charge in [-0.25, -0.2) is 0 Å². The maximum atomic E-state index is 12.0. The zero-order valence-corrected chi connectivity index (χ0v) is 10.4. The summed E-state index contributed by atoms with van der Waals surface area (Å²) in [6.45, 7) is 6.18. The fourth-order valence-corrected chi connectivity index (χ4v) is 1.98. The number of hydrogen-bond acceptors (Lipinski definition) is 2. The SMILES string of the molecule is CCCC(C)CC(=O)c1cccc(N)c1C. The first kappa shape index (κ1) is 12.8. The van der Waals surface area contributed by atoms with Crippen LogP contribution >= 0.6 is 0 Å². The highest BCUT2D eigenvalue weighted by Crippen LogP contribution is 2.20. The van der Waals surface area contributed by atoms with E-state index in [1.807, 2.05) is 25.1 Å². The van der Waals surface area contributed by atoms with Crippen LogP contribution in [0.2, 0.25) is 0 Å². The normalized spacial score (nSPS) is 12.4. The lowest BCUT2D eigenvalue weighted by atomic mass is 9.93. The maximum absolute atomic E-state index is 12.0. The molecule has 0 aromatic heterocycles. The van der Waals surface area contributed by atoms with Gasteiger partial charge in [-0.15, -0.1) is 0 Å². The first-order valence-corrected chi connectivity index (χ1v) is 5.94. The van der Waals surface area contributed by atoms with Gasteiger partial charge in [0.25, 0.3) is 0 Å². The number of hydrogen-bond donors (Lipinski definition) is 1. The van der Waals surface area contributed by atoms with Crippen molar-refractivity contribution in [2.45, 2.75) is 40.0 Å². The van der Waals surface area contributed by atoms with Crippen molar-refractivity contribution in [1.82, 2.24) is 0 Å². The predicted octanol–water partition coefficient (Wildman–Crippen LogP) is 3.59. The molecule has 0 aliphatic rings. The number of benzene rings is 1. The lowest BCUT2D eigenvalue weighted by Gasteiger charge is -2.11. The van der Waals surface area contributed by atoms with Crippen molar-refractivity contribution in [3.8, 4) is 0 Å². The number of ketones is 1. The van der Waals surface area contributed by atoms with E-state index in [4.69, 9.17) is 5.73 Å². The highest BCUT2D eigenvalue weighted by atomic mass is 16.1. The molecule has 0 fully saturated rings. The number of nitrogens with two attached hydrogens (primary N) is 1. The van der Waals surface area contributed by atoms with Gasteiger partial charge in [-0.05, 0) is 24.5 Å². The van der Waals surface area contributed by atoms with E-state index in [2.05, 4.69) is 13.8 Å². The largest absolute Gasteiger partial charge is 0.398 e. The molecule has 0 amide bonds. The highest BCUT2D eigenvalue weighted by Gasteiger charge is 2.13. The summed E-state index contributed by atoms with van der Waals surface area (Å²) in [4.78, 5) is 12.0. The number of carbonyl (C=O) groups is 1. The maximum Gasteiger partial charge on any atom is 0.163 e. The van der Waals surface area contributed by atoms with E-state index in [0.29, 0.717) is 18.0 Å². The minimum Gasteiger partial charge on any atom is -0.398 e. The minimum absolute atomic E-state index is 0.214. The van der Waals surface area contributed by atoms with Crippen molar-refractivity contribution >= 4 is 11.5 Å². The molecule has 0 radical (unpaired) electrons. The van der Waals surface area contributed by atoms with Crippen LogP contribution in [0.3, 0.4) is 0 Å². The average molecular weight is 219 g/mol. The van der Waals surface area contributed by atoms with E-state index in [9.17, 15) is 4.79 Å². The third kappa shape index (κ3) is 3.09.